The Morgan fingerprint density at radius 2 is 1.67 bits per heavy atom. The fourth-order valence-electron chi connectivity index (χ4n) is 3.65. The molecule has 3 aliphatic heterocycles. The largest absolute Gasteiger partial charge is 0.377 e. The fourth-order valence-corrected chi connectivity index (χ4v) is 3.65. The van der Waals surface area contributed by atoms with Crippen molar-refractivity contribution in [3.8, 4) is 0 Å². The molecule has 5 nitrogen and oxygen atoms in total. The molecule has 0 bridgehead atoms. The molecule has 1 atom stereocenters. The minimum atomic E-state index is 0.325. The van der Waals surface area contributed by atoms with E-state index >= 15 is 0 Å². The average molecular weight is 295 g/mol. The van der Waals surface area contributed by atoms with Crippen molar-refractivity contribution >= 4 is 5.91 Å². The zero-order valence-corrected chi connectivity index (χ0v) is 13.1. The highest BCUT2D eigenvalue weighted by molar-refractivity contribution is 5.78. The van der Waals surface area contributed by atoms with Gasteiger partial charge in [0.2, 0.25) is 5.91 Å². The highest BCUT2D eigenvalue weighted by Crippen LogP contribution is 2.15. The van der Waals surface area contributed by atoms with E-state index in [-0.39, 0.29) is 0 Å². The van der Waals surface area contributed by atoms with Crippen LogP contribution in [0.25, 0.3) is 0 Å². The summed E-state index contributed by atoms with van der Waals surface area (Å²) in [6, 6.07) is 0. The third-order valence-electron chi connectivity index (χ3n) is 5.02. The molecule has 3 saturated heterocycles. The molecule has 21 heavy (non-hydrogen) atoms. The van der Waals surface area contributed by atoms with Gasteiger partial charge in [-0.05, 0) is 45.2 Å². The quantitative estimate of drug-likeness (QED) is 0.768. The highest BCUT2D eigenvalue weighted by atomic mass is 16.5. The van der Waals surface area contributed by atoms with Gasteiger partial charge in [-0.1, -0.05) is 0 Å². The molecule has 0 aromatic carbocycles. The van der Waals surface area contributed by atoms with Gasteiger partial charge in [0, 0.05) is 39.3 Å². The Morgan fingerprint density at radius 1 is 0.905 bits per heavy atom. The van der Waals surface area contributed by atoms with Gasteiger partial charge in [0.05, 0.1) is 12.6 Å². The van der Waals surface area contributed by atoms with Gasteiger partial charge in [-0.3, -0.25) is 14.6 Å². The van der Waals surface area contributed by atoms with E-state index in [2.05, 4.69) is 14.7 Å². The van der Waals surface area contributed by atoms with Crippen molar-refractivity contribution in [3.63, 3.8) is 0 Å². The Bertz CT molecular complexity index is 330. The Morgan fingerprint density at radius 3 is 2.33 bits per heavy atom. The minimum Gasteiger partial charge on any atom is -0.377 e. The predicted molar refractivity (Wildman–Crippen MR) is 82.3 cm³/mol. The number of carbonyl (C=O) groups excluding carboxylic acids is 1. The van der Waals surface area contributed by atoms with E-state index < -0.39 is 0 Å². The second kappa shape index (κ2) is 7.56. The van der Waals surface area contributed by atoms with E-state index in [4.69, 9.17) is 4.74 Å². The Kier molecular flexibility index (Phi) is 5.49. The van der Waals surface area contributed by atoms with E-state index in [9.17, 15) is 4.79 Å². The molecule has 0 aromatic rings. The summed E-state index contributed by atoms with van der Waals surface area (Å²) in [6.45, 7) is 8.60. The molecule has 3 aliphatic rings. The Hall–Kier alpha value is -0.650. The average Bonchev–Trinajstić information content (AvgIpc) is 3.02. The zero-order chi connectivity index (χ0) is 14.5. The first-order chi connectivity index (χ1) is 10.3. The van der Waals surface area contributed by atoms with Crippen LogP contribution in [0, 0.1) is 0 Å². The van der Waals surface area contributed by atoms with E-state index in [1.807, 2.05) is 0 Å². The monoisotopic (exact) mass is 295 g/mol. The van der Waals surface area contributed by atoms with Crippen LogP contribution in [-0.2, 0) is 9.53 Å². The summed E-state index contributed by atoms with van der Waals surface area (Å²) >= 11 is 0. The van der Waals surface area contributed by atoms with Gasteiger partial charge in [-0.2, -0.15) is 0 Å². The second-order valence-electron chi connectivity index (χ2n) is 6.65. The molecule has 5 heteroatoms. The summed E-state index contributed by atoms with van der Waals surface area (Å²) in [5.41, 5.74) is 0. The van der Waals surface area contributed by atoms with Gasteiger partial charge in [0.15, 0.2) is 0 Å². The normalized spacial score (nSPS) is 29.0. The van der Waals surface area contributed by atoms with Crippen LogP contribution in [0.15, 0.2) is 0 Å². The molecule has 1 amide bonds. The van der Waals surface area contributed by atoms with E-state index in [0.717, 1.165) is 52.4 Å². The number of likely N-dealkylation sites (tertiary alicyclic amines) is 1. The summed E-state index contributed by atoms with van der Waals surface area (Å²) in [5.74, 6) is 0.325. The van der Waals surface area contributed by atoms with Crippen LogP contribution >= 0.6 is 0 Å². The lowest BCUT2D eigenvalue weighted by Gasteiger charge is -2.37. The summed E-state index contributed by atoms with van der Waals surface area (Å²) in [7, 11) is 0. The summed E-state index contributed by atoms with van der Waals surface area (Å²) in [5, 5.41) is 0. The van der Waals surface area contributed by atoms with Crippen LogP contribution < -0.4 is 0 Å². The Balaban J connectivity index is 1.36. The first kappa shape index (κ1) is 15.3. The first-order valence-electron chi connectivity index (χ1n) is 8.65. The van der Waals surface area contributed by atoms with Crippen LogP contribution in [0.4, 0.5) is 0 Å². The molecule has 3 rings (SSSR count). The number of carbonyl (C=O) groups is 1. The molecular formula is C16H29N3O2. The molecule has 0 spiro atoms. The maximum atomic E-state index is 12.3. The third-order valence-corrected chi connectivity index (χ3v) is 5.02. The maximum absolute atomic E-state index is 12.3. The van der Waals surface area contributed by atoms with Crippen molar-refractivity contribution in [1.82, 2.24) is 14.7 Å². The van der Waals surface area contributed by atoms with Crippen LogP contribution in [0.2, 0.25) is 0 Å². The van der Waals surface area contributed by atoms with Crippen molar-refractivity contribution in [2.75, 3.05) is 59.0 Å². The number of hydrogen-bond donors (Lipinski definition) is 0. The van der Waals surface area contributed by atoms with Gasteiger partial charge in [0.25, 0.3) is 0 Å². The summed E-state index contributed by atoms with van der Waals surface area (Å²) < 4.78 is 5.81. The van der Waals surface area contributed by atoms with Gasteiger partial charge < -0.3 is 9.64 Å². The summed E-state index contributed by atoms with van der Waals surface area (Å²) in [6.07, 6.45) is 6.65. The molecule has 0 N–H and O–H groups in total. The standard InChI is InChI=1S/C16H29N3O2/c20-16(14-17-6-2-3-7-17)19-10-8-18(9-11-19)13-15-5-1-4-12-21-15/h15H,1-14H2/t15-/m0/s1. The number of rotatable bonds is 4. The minimum absolute atomic E-state index is 0.325. The molecule has 120 valence electrons. The van der Waals surface area contributed by atoms with Crippen LogP contribution in [0.5, 0.6) is 0 Å². The van der Waals surface area contributed by atoms with Crippen LogP contribution in [-0.4, -0.2) is 85.7 Å². The van der Waals surface area contributed by atoms with Crippen LogP contribution in [0.3, 0.4) is 0 Å². The first-order valence-corrected chi connectivity index (χ1v) is 8.65. The van der Waals surface area contributed by atoms with Gasteiger partial charge in [-0.15, -0.1) is 0 Å². The van der Waals surface area contributed by atoms with Gasteiger partial charge >= 0.3 is 0 Å². The molecule has 3 heterocycles. The van der Waals surface area contributed by atoms with Crippen molar-refractivity contribution in [2.24, 2.45) is 0 Å². The molecule has 3 fully saturated rings. The van der Waals surface area contributed by atoms with Crippen molar-refractivity contribution in [1.29, 1.82) is 0 Å². The summed E-state index contributed by atoms with van der Waals surface area (Å²) in [4.78, 5) is 19.1. The molecular weight excluding hydrogens is 266 g/mol. The zero-order valence-electron chi connectivity index (χ0n) is 13.1. The second-order valence-corrected chi connectivity index (χ2v) is 6.65. The number of piperazine rings is 1. The third kappa shape index (κ3) is 4.41. The highest BCUT2D eigenvalue weighted by Gasteiger charge is 2.25. The lowest BCUT2D eigenvalue weighted by Crippen LogP contribution is -2.52. The number of amides is 1. The molecule has 0 aromatic heterocycles. The maximum Gasteiger partial charge on any atom is 0.236 e. The molecule has 0 aliphatic carbocycles. The fraction of sp³-hybridized carbons (Fsp3) is 0.938. The van der Waals surface area contributed by atoms with Crippen molar-refractivity contribution in [2.45, 2.75) is 38.2 Å². The van der Waals surface area contributed by atoms with Gasteiger partial charge in [0.1, 0.15) is 0 Å². The molecule has 0 radical (unpaired) electrons. The van der Waals surface area contributed by atoms with Crippen molar-refractivity contribution in [3.05, 3.63) is 0 Å². The number of hydrogen-bond acceptors (Lipinski definition) is 4. The predicted octanol–water partition coefficient (Wildman–Crippen LogP) is 0.796. The smallest absolute Gasteiger partial charge is 0.236 e. The molecule has 0 unspecified atom stereocenters. The number of ether oxygens (including phenoxy) is 1. The van der Waals surface area contributed by atoms with E-state index in [1.54, 1.807) is 0 Å². The van der Waals surface area contributed by atoms with Gasteiger partial charge in [-0.25, -0.2) is 0 Å². The Labute approximate surface area is 128 Å². The lowest BCUT2D eigenvalue weighted by molar-refractivity contribution is -0.134. The van der Waals surface area contributed by atoms with Crippen molar-refractivity contribution < 1.29 is 9.53 Å². The molecule has 0 saturated carbocycles. The van der Waals surface area contributed by atoms with E-state index in [1.165, 1.54) is 32.1 Å². The van der Waals surface area contributed by atoms with Crippen LogP contribution in [0.1, 0.15) is 32.1 Å². The van der Waals surface area contributed by atoms with E-state index in [0.29, 0.717) is 18.6 Å². The number of nitrogens with zero attached hydrogens (tertiary/aromatic N) is 3. The lowest BCUT2D eigenvalue weighted by atomic mass is 10.1. The SMILES string of the molecule is O=C(CN1CCCC1)N1CCN(C[C@@H]2CCCCO2)CC1. The topological polar surface area (TPSA) is 36.0 Å².